The minimum absolute atomic E-state index is 0.0425. The van der Waals surface area contributed by atoms with E-state index >= 15 is 0 Å². The van der Waals surface area contributed by atoms with Gasteiger partial charge in [-0.1, -0.05) is 6.07 Å². The fraction of sp³-hybridized carbons (Fsp3) is 0.267. The predicted octanol–water partition coefficient (Wildman–Crippen LogP) is 3.94. The highest BCUT2D eigenvalue weighted by Gasteiger charge is 2.09. The van der Waals surface area contributed by atoms with Crippen molar-refractivity contribution in [3.8, 4) is 0 Å². The van der Waals surface area contributed by atoms with E-state index in [0.717, 1.165) is 11.4 Å². The van der Waals surface area contributed by atoms with Crippen LogP contribution in [0.2, 0.25) is 0 Å². The van der Waals surface area contributed by atoms with Crippen LogP contribution in [0.15, 0.2) is 41.0 Å². The summed E-state index contributed by atoms with van der Waals surface area (Å²) in [4.78, 5) is 0. The van der Waals surface area contributed by atoms with Crippen LogP contribution in [0.3, 0.4) is 0 Å². The average Bonchev–Trinajstić information content (AvgIpc) is 2.80. The number of thiocarbonyl (C=S) groups is 1. The van der Waals surface area contributed by atoms with E-state index < -0.39 is 0 Å². The number of hydrogen-bond acceptors (Lipinski definition) is 2. The lowest BCUT2D eigenvalue weighted by Gasteiger charge is -2.15. The third-order valence-corrected chi connectivity index (χ3v) is 3.02. The van der Waals surface area contributed by atoms with Gasteiger partial charge in [0.05, 0.1) is 12.3 Å². The molecule has 0 fully saturated rings. The molecule has 2 rings (SSSR count). The number of furan rings is 1. The number of rotatable bonds is 3. The van der Waals surface area contributed by atoms with Gasteiger partial charge in [0.15, 0.2) is 5.11 Å². The van der Waals surface area contributed by atoms with Crippen molar-refractivity contribution in [2.75, 3.05) is 5.32 Å². The van der Waals surface area contributed by atoms with Gasteiger partial charge in [-0.05, 0) is 68.4 Å². The molecule has 0 radical (unpaired) electrons. The van der Waals surface area contributed by atoms with Crippen molar-refractivity contribution in [3.05, 3.63) is 53.5 Å². The second-order valence-corrected chi connectivity index (χ2v) is 5.12. The lowest BCUT2D eigenvalue weighted by molar-refractivity contribution is 0.464. The minimum Gasteiger partial charge on any atom is -0.467 e. The van der Waals surface area contributed by atoms with E-state index in [0.29, 0.717) is 5.11 Å². The highest BCUT2D eigenvalue weighted by Crippen LogP contribution is 2.15. The highest BCUT2D eigenvalue weighted by atomic mass is 32.1. The van der Waals surface area contributed by atoms with Crippen molar-refractivity contribution < 1.29 is 4.42 Å². The molecule has 3 nitrogen and oxygen atoms in total. The van der Waals surface area contributed by atoms with Crippen LogP contribution in [-0.2, 0) is 0 Å². The molecule has 0 aliphatic carbocycles. The third-order valence-electron chi connectivity index (χ3n) is 2.80. The summed E-state index contributed by atoms with van der Waals surface area (Å²) in [5.74, 6) is 0.865. The Bertz CT molecular complexity index is 543. The van der Waals surface area contributed by atoms with Crippen LogP contribution in [0, 0.1) is 13.8 Å². The normalized spacial score (nSPS) is 11.9. The zero-order valence-electron chi connectivity index (χ0n) is 11.4. The van der Waals surface area contributed by atoms with Crippen LogP contribution in [-0.4, -0.2) is 5.11 Å². The maximum Gasteiger partial charge on any atom is 0.171 e. The fourth-order valence-electron chi connectivity index (χ4n) is 2.02. The first-order valence-electron chi connectivity index (χ1n) is 6.24. The second-order valence-electron chi connectivity index (χ2n) is 4.71. The maximum absolute atomic E-state index is 5.33. The molecule has 0 saturated heterocycles. The standard InChI is InChI=1S/C15H18N2OS/c1-10-7-11(2)9-13(8-10)17-15(19)16-12(3)14-5-4-6-18-14/h4-9,12H,1-3H3,(H2,16,17,19)/t12-/m1/s1. The zero-order valence-corrected chi connectivity index (χ0v) is 12.2. The van der Waals surface area contributed by atoms with E-state index in [-0.39, 0.29) is 6.04 Å². The Labute approximate surface area is 119 Å². The van der Waals surface area contributed by atoms with Crippen LogP contribution >= 0.6 is 12.2 Å². The van der Waals surface area contributed by atoms with Gasteiger partial charge in [0.1, 0.15) is 5.76 Å². The molecule has 4 heteroatoms. The largest absolute Gasteiger partial charge is 0.467 e. The molecule has 0 aliphatic heterocycles. The van der Waals surface area contributed by atoms with Crippen molar-refractivity contribution in [2.45, 2.75) is 26.8 Å². The van der Waals surface area contributed by atoms with Crippen LogP contribution < -0.4 is 10.6 Å². The van der Waals surface area contributed by atoms with E-state index in [9.17, 15) is 0 Å². The first-order chi connectivity index (χ1) is 9.04. The second kappa shape index (κ2) is 5.89. The maximum atomic E-state index is 5.33. The number of hydrogen-bond donors (Lipinski definition) is 2. The summed E-state index contributed by atoms with van der Waals surface area (Å²) in [6.07, 6.45) is 1.66. The molecule has 0 aliphatic rings. The Balaban J connectivity index is 1.97. The molecule has 2 N–H and O–H groups in total. The van der Waals surface area contributed by atoms with Crippen molar-refractivity contribution in [1.82, 2.24) is 5.32 Å². The van der Waals surface area contributed by atoms with E-state index in [1.807, 2.05) is 19.1 Å². The smallest absolute Gasteiger partial charge is 0.171 e. The van der Waals surface area contributed by atoms with E-state index in [1.165, 1.54) is 11.1 Å². The quantitative estimate of drug-likeness (QED) is 0.831. The van der Waals surface area contributed by atoms with Crippen LogP contribution in [0.5, 0.6) is 0 Å². The van der Waals surface area contributed by atoms with Gasteiger partial charge in [0.25, 0.3) is 0 Å². The third kappa shape index (κ3) is 3.83. The molecule has 0 bridgehead atoms. The Morgan fingerprint density at radius 2 is 1.89 bits per heavy atom. The van der Waals surface area contributed by atoms with Crippen molar-refractivity contribution in [2.24, 2.45) is 0 Å². The molecule has 100 valence electrons. The summed E-state index contributed by atoms with van der Waals surface area (Å²) in [6, 6.07) is 10.1. The predicted molar refractivity (Wildman–Crippen MR) is 82.4 cm³/mol. The molecule has 1 atom stereocenters. The van der Waals surface area contributed by atoms with Crippen LogP contribution in [0.25, 0.3) is 0 Å². The first kappa shape index (κ1) is 13.6. The number of nitrogens with one attached hydrogen (secondary N) is 2. The van der Waals surface area contributed by atoms with Crippen molar-refractivity contribution >= 4 is 23.0 Å². The van der Waals surface area contributed by atoms with Gasteiger partial charge >= 0.3 is 0 Å². The van der Waals surface area contributed by atoms with E-state index in [1.54, 1.807) is 6.26 Å². The Morgan fingerprint density at radius 1 is 1.21 bits per heavy atom. The highest BCUT2D eigenvalue weighted by molar-refractivity contribution is 7.80. The molecule has 1 aromatic carbocycles. The van der Waals surface area contributed by atoms with Gasteiger partial charge < -0.3 is 15.1 Å². The van der Waals surface area contributed by atoms with E-state index in [2.05, 4.69) is 42.7 Å². The summed E-state index contributed by atoms with van der Waals surface area (Å²) in [5, 5.41) is 6.98. The zero-order chi connectivity index (χ0) is 13.8. The monoisotopic (exact) mass is 274 g/mol. The Morgan fingerprint density at radius 3 is 2.47 bits per heavy atom. The van der Waals surface area contributed by atoms with Crippen molar-refractivity contribution in [3.63, 3.8) is 0 Å². The SMILES string of the molecule is Cc1cc(C)cc(NC(=S)N[C@H](C)c2ccco2)c1. The molecule has 0 spiro atoms. The van der Waals surface area contributed by atoms with E-state index in [4.69, 9.17) is 16.6 Å². The first-order valence-corrected chi connectivity index (χ1v) is 6.64. The summed E-state index contributed by atoms with van der Waals surface area (Å²) in [5.41, 5.74) is 3.43. The lowest BCUT2D eigenvalue weighted by Crippen LogP contribution is -2.30. The van der Waals surface area contributed by atoms with Gasteiger partial charge in [-0.2, -0.15) is 0 Å². The summed E-state index contributed by atoms with van der Waals surface area (Å²) in [7, 11) is 0. The minimum atomic E-state index is 0.0425. The summed E-state index contributed by atoms with van der Waals surface area (Å²) >= 11 is 5.31. The molecular weight excluding hydrogens is 256 g/mol. The van der Waals surface area contributed by atoms with Crippen molar-refractivity contribution in [1.29, 1.82) is 0 Å². The molecule has 1 heterocycles. The van der Waals surface area contributed by atoms with Gasteiger partial charge in [-0.3, -0.25) is 0 Å². The topological polar surface area (TPSA) is 37.2 Å². The lowest BCUT2D eigenvalue weighted by atomic mass is 10.1. The van der Waals surface area contributed by atoms with Gasteiger partial charge in [-0.15, -0.1) is 0 Å². The summed E-state index contributed by atoms with van der Waals surface area (Å²) in [6.45, 7) is 6.15. The summed E-state index contributed by atoms with van der Waals surface area (Å²) < 4.78 is 5.33. The number of aryl methyl sites for hydroxylation is 2. The van der Waals surface area contributed by atoms with Crippen LogP contribution in [0.1, 0.15) is 29.9 Å². The molecule has 0 unspecified atom stereocenters. The molecule has 0 amide bonds. The van der Waals surface area contributed by atoms with Gasteiger partial charge in [-0.25, -0.2) is 0 Å². The molecule has 0 saturated carbocycles. The van der Waals surface area contributed by atoms with Crippen LogP contribution in [0.4, 0.5) is 5.69 Å². The average molecular weight is 274 g/mol. The van der Waals surface area contributed by atoms with Gasteiger partial charge in [0, 0.05) is 5.69 Å². The van der Waals surface area contributed by atoms with Gasteiger partial charge in [0.2, 0.25) is 0 Å². The molecular formula is C15H18N2OS. The molecule has 19 heavy (non-hydrogen) atoms. The Hall–Kier alpha value is -1.81. The number of benzene rings is 1. The molecule has 2 aromatic rings. The molecule has 1 aromatic heterocycles. The Kier molecular flexibility index (Phi) is 4.22. The fourth-order valence-corrected chi connectivity index (χ4v) is 2.31. The number of anilines is 1.